The fraction of sp³-hybridized carbons (Fsp3) is 0.381. The molecule has 8 heteroatoms. The van der Waals surface area contributed by atoms with E-state index in [2.05, 4.69) is 10.6 Å². The average molecular weight is 417 g/mol. The van der Waals surface area contributed by atoms with Crippen LogP contribution in [0.15, 0.2) is 47.4 Å². The number of nitrogens with one attached hydrogen (secondary N) is 2. The molecule has 2 aromatic carbocycles. The van der Waals surface area contributed by atoms with Crippen LogP contribution in [0.25, 0.3) is 0 Å². The predicted molar refractivity (Wildman–Crippen MR) is 117 cm³/mol. The van der Waals surface area contributed by atoms with Crippen molar-refractivity contribution >= 4 is 33.0 Å². The van der Waals surface area contributed by atoms with Gasteiger partial charge in [-0.05, 0) is 50.1 Å². The third kappa shape index (κ3) is 4.23. The molecule has 156 valence electrons. The molecule has 1 aliphatic heterocycles. The van der Waals surface area contributed by atoms with Crippen LogP contribution in [-0.2, 0) is 21.2 Å². The fourth-order valence-electron chi connectivity index (χ4n) is 3.59. The Balaban J connectivity index is 1.83. The molecule has 1 heterocycles. The molecule has 0 aromatic heterocycles. The second-order valence-corrected chi connectivity index (χ2v) is 9.48. The lowest BCUT2D eigenvalue weighted by Gasteiger charge is -2.24. The van der Waals surface area contributed by atoms with Crippen molar-refractivity contribution in [2.75, 3.05) is 42.7 Å². The lowest BCUT2D eigenvalue weighted by atomic mass is 10.1. The number of fused-ring (bicyclic) bond motifs is 1. The van der Waals surface area contributed by atoms with Gasteiger partial charge in [-0.2, -0.15) is 0 Å². The van der Waals surface area contributed by atoms with Crippen LogP contribution in [0.1, 0.15) is 19.4 Å². The van der Waals surface area contributed by atoms with E-state index in [0.717, 1.165) is 17.8 Å². The van der Waals surface area contributed by atoms with E-state index in [0.29, 0.717) is 12.2 Å². The molecule has 0 fully saturated rings. The summed E-state index contributed by atoms with van der Waals surface area (Å²) in [6.07, 6.45) is 0.834. The first-order chi connectivity index (χ1) is 13.8. The summed E-state index contributed by atoms with van der Waals surface area (Å²) in [5.41, 5.74) is 3.46. The Morgan fingerprint density at radius 3 is 2.55 bits per heavy atom. The van der Waals surface area contributed by atoms with E-state index in [1.807, 2.05) is 43.0 Å². The number of rotatable bonds is 7. The van der Waals surface area contributed by atoms with Gasteiger partial charge in [-0.25, -0.2) is 12.7 Å². The van der Waals surface area contributed by atoms with Gasteiger partial charge < -0.3 is 15.5 Å². The van der Waals surface area contributed by atoms with Crippen molar-refractivity contribution in [2.24, 2.45) is 0 Å². The summed E-state index contributed by atoms with van der Waals surface area (Å²) in [7, 11) is -0.571. The molecule has 1 atom stereocenters. The molecular weight excluding hydrogens is 388 g/mol. The Morgan fingerprint density at radius 1 is 1.14 bits per heavy atom. The van der Waals surface area contributed by atoms with E-state index >= 15 is 0 Å². The number of amides is 1. The van der Waals surface area contributed by atoms with Crippen LogP contribution < -0.4 is 15.5 Å². The smallest absolute Gasteiger partial charge is 0.246 e. The third-order valence-electron chi connectivity index (χ3n) is 5.04. The zero-order chi connectivity index (χ0) is 21.2. The van der Waals surface area contributed by atoms with Crippen molar-refractivity contribution in [1.29, 1.82) is 0 Å². The van der Waals surface area contributed by atoms with Gasteiger partial charge in [-0.15, -0.1) is 0 Å². The van der Waals surface area contributed by atoms with E-state index in [1.54, 1.807) is 18.2 Å². The van der Waals surface area contributed by atoms with Crippen molar-refractivity contribution in [3.63, 3.8) is 0 Å². The van der Waals surface area contributed by atoms with Gasteiger partial charge in [0.15, 0.2) is 0 Å². The highest BCUT2D eigenvalue weighted by atomic mass is 32.2. The first kappa shape index (κ1) is 21.1. The van der Waals surface area contributed by atoms with Crippen LogP contribution in [0.5, 0.6) is 0 Å². The highest BCUT2D eigenvalue weighted by Crippen LogP contribution is 2.32. The maximum Gasteiger partial charge on any atom is 0.246 e. The van der Waals surface area contributed by atoms with Gasteiger partial charge in [-0.3, -0.25) is 4.79 Å². The summed E-state index contributed by atoms with van der Waals surface area (Å²) in [4.78, 5) is 15.0. The maximum atomic E-state index is 13.0. The summed E-state index contributed by atoms with van der Waals surface area (Å²) in [6, 6.07) is 12.9. The van der Waals surface area contributed by atoms with Gasteiger partial charge in [0, 0.05) is 32.4 Å². The fourth-order valence-corrected chi connectivity index (χ4v) is 4.52. The van der Waals surface area contributed by atoms with Crippen LogP contribution in [0.3, 0.4) is 0 Å². The number of benzene rings is 2. The molecule has 3 rings (SSSR count). The summed E-state index contributed by atoms with van der Waals surface area (Å²) in [6.45, 7) is 4.75. The number of para-hydroxylation sites is 1. The molecule has 29 heavy (non-hydrogen) atoms. The minimum absolute atomic E-state index is 0.0502. The van der Waals surface area contributed by atoms with Crippen molar-refractivity contribution in [3.8, 4) is 0 Å². The van der Waals surface area contributed by atoms with Gasteiger partial charge in [0.05, 0.1) is 22.8 Å². The highest BCUT2D eigenvalue weighted by molar-refractivity contribution is 7.89. The highest BCUT2D eigenvalue weighted by Gasteiger charge is 2.30. The zero-order valence-electron chi connectivity index (χ0n) is 17.3. The van der Waals surface area contributed by atoms with Crippen LogP contribution >= 0.6 is 0 Å². The summed E-state index contributed by atoms with van der Waals surface area (Å²) in [5, 5.41) is 6.35. The molecule has 0 unspecified atom stereocenters. The van der Waals surface area contributed by atoms with Crippen LogP contribution in [0, 0.1) is 0 Å². The Bertz CT molecular complexity index is 1000. The minimum atomic E-state index is -3.56. The van der Waals surface area contributed by atoms with Crippen molar-refractivity contribution in [2.45, 2.75) is 31.2 Å². The number of anilines is 3. The molecule has 2 aromatic rings. The summed E-state index contributed by atoms with van der Waals surface area (Å²) >= 11 is 0. The van der Waals surface area contributed by atoms with Crippen LogP contribution in [0.2, 0.25) is 0 Å². The number of sulfonamides is 1. The van der Waals surface area contributed by atoms with Crippen molar-refractivity contribution in [1.82, 2.24) is 4.31 Å². The SMILES string of the molecule is CCNc1ccc(S(=O)(=O)N(C)C)cc1NCC(=O)N1c2ccccc2C[C@@H]1C. The molecule has 0 aliphatic carbocycles. The first-order valence-corrected chi connectivity index (χ1v) is 11.1. The largest absolute Gasteiger partial charge is 0.384 e. The average Bonchev–Trinajstić information content (AvgIpc) is 3.02. The monoisotopic (exact) mass is 416 g/mol. The second kappa shape index (κ2) is 8.42. The van der Waals surface area contributed by atoms with Gasteiger partial charge in [0.2, 0.25) is 15.9 Å². The molecule has 2 N–H and O–H groups in total. The number of nitrogens with zero attached hydrogens (tertiary/aromatic N) is 2. The lowest BCUT2D eigenvalue weighted by Crippen LogP contribution is -2.39. The number of hydrogen-bond donors (Lipinski definition) is 2. The Hall–Kier alpha value is -2.58. The molecule has 7 nitrogen and oxygen atoms in total. The molecule has 0 radical (unpaired) electrons. The maximum absolute atomic E-state index is 13.0. The van der Waals surface area contributed by atoms with E-state index < -0.39 is 10.0 Å². The van der Waals surface area contributed by atoms with E-state index in [-0.39, 0.29) is 23.4 Å². The molecule has 0 saturated heterocycles. The first-order valence-electron chi connectivity index (χ1n) is 9.70. The summed E-state index contributed by atoms with van der Waals surface area (Å²) in [5.74, 6) is -0.0502. The van der Waals surface area contributed by atoms with E-state index in [9.17, 15) is 13.2 Å². The number of hydrogen-bond acceptors (Lipinski definition) is 5. The zero-order valence-corrected chi connectivity index (χ0v) is 18.1. The molecular formula is C21H28N4O3S. The topological polar surface area (TPSA) is 81.8 Å². The molecule has 0 bridgehead atoms. The minimum Gasteiger partial charge on any atom is -0.384 e. The van der Waals surface area contributed by atoms with Crippen molar-refractivity contribution in [3.05, 3.63) is 48.0 Å². The Morgan fingerprint density at radius 2 is 1.86 bits per heavy atom. The normalized spacial score (nSPS) is 16.0. The van der Waals surface area contributed by atoms with E-state index in [1.165, 1.54) is 24.0 Å². The lowest BCUT2D eigenvalue weighted by molar-refractivity contribution is -0.117. The predicted octanol–water partition coefficient (Wildman–Crippen LogP) is 2.76. The number of carbonyl (C=O) groups is 1. The van der Waals surface area contributed by atoms with Gasteiger partial charge >= 0.3 is 0 Å². The molecule has 1 amide bonds. The second-order valence-electron chi connectivity index (χ2n) is 7.32. The van der Waals surface area contributed by atoms with Gasteiger partial charge in [0.25, 0.3) is 0 Å². The standard InChI is InChI=1S/C21H28N4O3S/c1-5-22-18-11-10-17(29(27,28)24(3)4)13-19(18)23-14-21(26)25-15(2)12-16-8-6-7-9-20(16)25/h6-11,13,15,22-23H,5,12,14H2,1-4H3/t15-/m0/s1. The Labute approximate surface area is 172 Å². The van der Waals surface area contributed by atoms with Gasteiger partial charge in [-0.1, -0.05) is 18.2 Å². The third-order valence-corrected chi connectivity index (χ3v) is 6.85. The number of carbonyl (C=O) groups excluding carboxylic acids is 1. The Kier molecular flexibility index (Phi) is 6.14. The van der Waals surface area contributed by atoms with E-state index in [4.69, 9.17) is 0 Å². The summed E-state index contributed by atoms with van der Waals surface area (Å²) < 4.78 is 26.1. The van der Waals surface area contributed by atoms with Gasteiger partial charge in [0.1, 0.15) is 0 Å². The van der Waals surface area contributed by atoms with Crippen LogP contribution in [-0.4, -0.2) is 51.9 Å². The molecule has 0 saturated carbocycles. The van der Waals surface area contributed by atoms with Crippen molar-refractivity contribution < 1.29 is 13.2 Å². The molecule has 0 spiro atoms. The molecule has 1 aliphatic rings. The van der Waals surface area contributed by atoms with Crippen LogP contribution in [0.4, 0.5) is 17.1 Å². The quantitative estimate of drug-likeness (QED) is 0.725.